The van der Waals surface area contributed by atoms with Crippen molar-refractivity contribution in [1.82, 2.24) is 4.90 Å². The highest BCUT2D eigenvalue weighted by molar-refractivity contribution is 5.91. The smallest absolute Gasteiger partial charge is 0.289 e. The molecule has 2 N–H and O–H groups in total. The number of furan rings is 1. The second-order valence-electron chi connectivity index (χ2n) is 4.66. The minimum Gasteiger partial charge on any atom is -0.459 e. The predicted molar refractivity (Wildman–Crippen MR) is 65.6 cm³/mol. The van der Waals surface area contributed by atoms with E-state index in [0.717, 1.165) is 19.4 Å². The summed E-state index contributed by atoms with van der Waals surface area (Å²) in [5, 5.41) is 0. The fourth-order valence-corrected chi connectivity index (χ4v) is 2.54. The number of rotatable bonds is 3. The van der Waals surface area contributed by atoms with E-state index in [-0.39, 0.29) is 11.9 Å². The Kier molecular flexibility index (Phi) is 3.84. The van der Waals surface area contributed by atoms with Crippen LogP contribution in [0, 0.1) is 5.92 Å². The zero-order valence-corrected chi connectivity index (χ0v) is 10.3. The van der Waals surface area contributed by atoms with Gasteiger partial charge >= 0.3 is 0 Å². The van der Waals surface area contributed by atoms with Crippen LogP contribution >= 0.6 is 0 Å². The number of nitrogens with two attached hydrogens (primary N) is 1. The zero-order chi connectivity index (χ0) is 12.3. The highest BCUT2D eigenvalue weighted by Gasteiger charge is 2.31. The van der Waals surface area contributed by atoms with E-state index in [1.54, 1.807) is 12.1 Å². The molecule has 1 fully saturated rings. The topological polar surface area (TPSA) is 59.5 Å². The molecular formula is C13H20N2O2. The molecule has 1 aliphatic rings. The van der Waals surface area contributed by atoms with Gasteiger partial charge < -0.3 is 15.1 Å². The van der Waals surface area contributed by atoms with Gasteiger partial charge in [-0.15, -0.1) is 0 Å². The molecule has 2 atom stereocenters. The zero-order valence-electron chi connectivity index (χ0n) is 10.3. The SMILES string of the molecule is CCC1CCN(C(=O)c2ccco2)C(CN)C1. The Morgan fingerprint density at radius 1 is 1.65 bits per heavy atom. The fourth-order valence-electron chi connectivity index (χ4n) is 2.54. The summed E-state index contributed by atoms with van der Waals surface area (Å²) in [6.07, 6.45) is 4.78. The third-order valence-corrected chi connectivity index (χ3v) is 3.67. The molecular weight excluding hydrogens is 216 g/mol. The largest absolute Gasteiger partial charge is 0.459 e. The Bertz CT molecular complexity index is 362. The molecule has 2 rings (SSSR count). The van der Waals surface area contributed by atoms with Gasteiger partial charge in [0, 0.05) is 19.1 Å². The molecule has 94 valence electrons. The van der Waals surface area contributed by atoms with E-state index >= 15 is 0 Å². The summed E-state index contributed by atoms with van der Waals surface area (Å²) in [4.78, 5) is 14.1. The molecule has 1 saturated heterocycles. The lowest BCUT2D eigenvalue weighted by molar-refractivity contribution is 0.0527. The molecule has 2 heterocycles. The third-order valence-electron chi connectivity index (χ3n) is 3.67. The summed E-state index contributed by atoms with van der Waals surface area (Å²) in [7, 11) is 0. The summed E-state index contributed by atoms with van der Waals surface area (Å²) in [6.45, 7) is 3.52. The van der Waals surface area contributed by atoms with Crippen molar-refractivity contribution in [3.63, 3.8) is 0 Å². The molecule has 0 radical (unpaired) electrons. The minimum atomic E-state index is -0.0278. The van der Waals surface area contributed by atoms with E-state index in [2.05, 4.69) is 6.92 Å². The summed E-state index contributed by atoms with van der Waals surface area (Å²) in [6, 6.07) is 3.61. The van der Waals surface area contributed by atoms with Gasteiger partial charge in [-0.05, 0) is 30.9 Å². The van der Waals surface area contributed by atoms with E-state index in [9.17, 15) is 4.79 Å². The average molecular weight is 236 g/mol. The molecule has 0 saturated carbocycles. The summed E-state index contributed by atoms with van der Waals surface area (Å²) < 4.78 is 5.16. The second kappa shape index (κ2) is 5.36. The van der Waals surface area contributed by atoms with Crippen molar-refractivity contribution < 1.29 is 9.21 Å². The lowest BCUT2D eigenvalue weighted by Crippen LogP contribution is -2.49. The first-order valence-electron chi connectivity index (χ1n) is 6.30. The van der Waals surface area contributed by atoms with Crippen LogP contribution < -0.4 is 5.73 Å². The Labute approximate surface area is 102 Å². The highest BCUT2D eigenvalue weighted by Crippen LogP contribution is 2.26. The summed E-state index contributed by atoms with van der Waals surface area (Å²) in [5.74, 6) is 1.09. The minimum absolute atomic E-state index is 0.0278. The van der Waals surface area contributed by atoms with Crippen molar-refractivity contribution in [2.75, 3.05) is 13.1 Å². The maximum Gasteiger partial charge on any atom is 0.289 e. The van der Waals surface area contributed by atoms with Crippen LogP contribution in [0.25, 0.3) is 0 Å². The van der Waals surface area contributed by atoms with Crippen LogP contribution in [0.2, 0.25) is 0 Å². The Morgan fingerprint density at radius 2 is 2.47 bits per heavy atom. The molecule has 0 spiro atoms. The molecule has 4 heteroatoms. The normalized spacial score (nSPS) is 24.9. The summed E-state index contributed by atoms with van der Waals surface area (Å²) >= 11 is 0. The van der Waals surface area contributed by atoms with Crippen LogP contribution in [-0.4, -0.2) is 29.9 Å². The van der Waals surface area contributed by atoms with Crippen molar-refractivity contribution in [3.8, 4) is 0 Å². The first-order valence-corrected chi connectivity index (χ1v) is 6.30. The molecule has 0 aliphatic carbocycles. The van der Waals surface area contributed by atoms with Gasteiger partial charge in [-0.1, -0.05) is 13.3 Å². The molecule has 1 aliphatic heterocycles. The molecule has 1 amide bonds. The number of amides is 1. The first kappa shape index (κ1) is 12.2. The average Bonchev–Trinajstić information content (AvgIpc) is 2.91. The van der Waals surface area contributed by atoms with Gasteiger partial charge in [0.1, 0.15) is 0 Å². The summed E-state index contributed by atoms with van der Waals surface area (Å²) in [5.41, 5.74) is 5.78. The van der Waals surface area contributed by atoms with Gasteiger partial charge in [0.25, 0.3) is 5.91 Å². The number of carbonyl (C=O) groups excluding carboxylic acids is 1. The maximum absolute atomic E-state index is 12.2. The van der Waals surface area contributed by atoms with Crippen LogP contribution in [0.5, 0.6) is 0 Å². The van der Waals surface area contributed by atoms with Crippen molar-refractivity contribution in [3.05, 3.63) is 24.2 Å². The molecule has 4 nitrogen and oxygen atoms in total. The standard InChI is InChI=1S/C13H20N2O2/c1-2-10-5-6-15(11(8-10)9-14)13(16)12-4-3-7-17-12/h3-4,7,10-11H,2,5-6,8-9,14H2,1H3. The van der Waals surface area contributed by atoms with E-state index in [1.165, 1.54) is 12.7 Å². The van der Waals surface area contributed by atoms with Gasteiger partial charge in [-0.2, -0.15) is 0 Å². The Balaban J connectivity index is 2.07. The maximum atomic E-state index is 12.2. The monoisotopic (exact) mass is 236 g/mol. The Morgan fingerprint density at radius 3 is 3.06 bits per heavy atom. The molecule has 0 bridgehead atoms. The van der Waals surface area contributed by atoms with Gasteiger partial charge in [0.05, 0.1) is 6.26 Å². The van der Waals surface area contributed by atoms with Crippen LogP contribution in [0.4, 0.5) is 0 Å². The molecule has 1 aromatic rings. The molecule has 1 aromatic heterocycles. The van der Waals surface area contributed by atoms with E-state index in [4.69, 9.17) is 10.2 Å². The third kappa shape index (κ3) is 2.52. The molecule has 2 unspecified atom stereocenters. The quantitative estimate of drug-likeness (QED) is 0.871. The first-order chi connectivity index (χ1) is 8.26. The number of carbonyl (C=O) groups is 1. The second-order valence-corrected chi connectivity index (χ2v) is 4.66. The van der Waals surface area contributed by atoms with Crippen molar-refractivity contribution in [1.29, 1.82) is 0 Å². The predicted octanol–water partition coefficient (Wildman–Crippen LogP) is 1.87. The Hall–Kier alpha value is -1.29. The van der Waals surface area contributed by atoms with E-state index in [0.29, 0.717) is 18.2 Å². The van der Waals surface area contributed by atoms with Crippen molar-refractivity contribution >= 4 is 5.91 Å². The van der Waals surface area contributed by atoms with E-state index in [1.807, 2.05) is 4.90 Å². The van der Waals surface area contributed by atoms with Crippen molar-refractivity contribution in [2.24, 2.45) is 11.7 Å². The van der Waals surface area contributed by atoms with Gasteiger partial charge in [-0.25, -0.2) is 0 Å². The number of hydrogen-bond acceptors (Lipinski definition) is 3. The number of nitrogens with zero attached hydrogens (tertiary/aromatic N) is 1. The number of hydrogen-bond donors (Lipinski definition) is 1. The van der Waals surface area contributed by atoms with Gasteiger partial charge in [0.2, 0.25) is 0 Å². The lowest BCUT2D eigenvalue weighted by atomic mass is 9.89. The van der Waals surface area contributed by atoms with Crippen LogP contribution in [0.1, 0.15) is 36.7 Å². The highest BCUT2D eigenvalue weighted by atomic mass is 16.3. The van der Waals surface area contributed by atoms with E-state index < -0.39 is 0 Å². The van der Waals surface area contributed by atoms with Gasteiger partial charge in [0.15, 0.2) is 5.76 Å². The molecule has 17 heavy (non-hydrogen) atoms. The van der Waals surface area contributed by atoms with Crippen LogP contribution in [0.15, 0.2) is 22.8 Å². The van der Waals surface area contributed by atoms with Crippen LogP contribution in [0.3, 0.4) is 0 Å². The number of piperidine rings is 1. The van der Waals surface area contributed by atoms with Crippen molar-refractivity contribution in [2.45, 2.75) is 32.2 Å². The fraction of sp³-hybridized carbons (Fsp3) is 0.615. The van der Waals surface area contributed by atoms with Crippen LogP contribution in [-0.2, 0) is 0 Å². The lowest BCUT2D eigenvalue weighted by Gasteiger charge is -2.38. The molecule has 0 aromatic carbocycles. The number of likely N-dealkylation sites (tertiary alicyclic amines) is 1. The van der Waals surface area contributed by atoms with Gasteiger partial charge in [-0.3, -0.25) is 4.79 Å².